The summed E-state index contributed by atoms with van der Waals surface area (Å²) in [5, 5.41) is 3.60. The molecule has 0 aromatic heterocycles. The van der Waals surface area contributed by atoms with Gasteiger partial charge in [-0.15, -0.1) is 0 Å². The maximum atomic E-state index is 5.36. The first-order chi connectivity index (χ1) is 8.27. The van der Waals surface area contributed by atoms with Crippen molar-refractivity contribution < 1.29 is 4.74 Å². The largest absolute Gasteiger partial charge is 0.380 e. The predicted molar refractivity (Wildman–Crippen MR) is 73.4 cm³/mol. The fourth-order valence-corrected chi connectivity index (χ4v) is 2.69. The molecule has 3 heteroatoms. The summed E-state index contributed by atoms with van der Waals surface area (Å²) in [5.41, 5.74) is 0. The molecule has 0 aromatic rings. The van der Waals surface area contributed by atoms with Crippen LogP contribution in [0.3, 0.4) is 0 Å². The predicted octanol–water partition coefficient (Wildman–Crippen LogP) is 2.12. The van der Waals surface area contributed by atoms with E-state index >= 15 is 0 Å². The second kappa shape index (κ2) is 8.90. The van der Waals surface area contributed by atoms with Crippen LogP contribution in [0.2, 0.25) is 0 Å². The Kier molecular flexibility index (Phi) is 7.82. The first-order valence-corrected chi connectivity index (χ1v) is 7.31. The van der Waals surface area contributed by atoms with Crippen LogP contribution in [-0.2, 0) is 4.74 Å². The summed E-state index contributed by atoms with van der Waals surface area (Å²) in [6.07, 6.45) is 4.02. The van der Waals surface area contributed by atoms with Gasteiger partial charge >= 0.3 is 0 Å². The quantitative estimate of drug-likeness (QED) is 0.660. The summed E-state index contributed by atoms with van der Waals surface area (Å²) >= 11 is 0. The third-order valence-electron chi connectivity index (χ3n) is 3.71. The van der Waals surface area contributed by atoms with Gasteiger partial charge in [0.2, 0.25) is 0 Å². The highest BCUT2D eigenvalue weighted by Crippen LogP contribution is 2.19. The molecule has 1 heterocycles. The van der Waals surface area contributed by atoms with E-state index in [4.69, 9.17) is 4.74 Å². The molecule has 102 valence electrons. The monoisotopic (exact) mass is 242 g/mol. The average Bonchev–Trinajstić information content (AvgIpc) is 2.35. The summed E-state index contributed by atoms with van der Waals surface area (Å²) < 4.78 is 5.36. The van der Waals surface area contributed by atoms with Gasteiger partial charge in [0.1, 0.15) is 0 Å². The molecule has 1 aliphatic rings. The lowest BCUT2D eigenvalue weighted by Crippen LogP contribution is -2.45. The number of nitrogens with zero attached hydrogens (tertiary/aromatic N) is 1. The van der Waals surface area contributed by atoms with Crippen molar-refractivity contribution in [1.29, 1.82) is 0 Å². The van der Waals surface area contributed by atoms with Crippen molar-refractivity contribution in [3.8, 4) is 0 Å². The van der Waals surface area contributed by atoms with E-state index in [0.717, 1.165) is 25.7 Å². The molecular weight excluding hydrogens is 212 g/mol. The normalized spacial score (nSPS) is 23.8. The topological polar surface area (TPSA) is 24.5 Å². The number of nitrogens with one attached hydrogen (secondary N) is 1. The van der Waals surface area contributed by atoms with Crippen LogP contribution >= 0.6 is 0 Å². The van der Waals surface area contributed by atoms with E-state index in [1.54, 1.807) is 0 Å². The summed E-state index contributed by atoms with van der Waals surface area (Å²) in [6, 6.07) is 0.620. The first kappa shape index (κ1) is 14.9. The van der Waals surface area contributed by atoms with Gasteiger partial charge in [0, 0.05) is 25.7 Å². The molecule has 0 saturated carbocycles. The van der Waals surface area contributed by atoms with E-state index in [0.29, 0.717) is 6.04 Å². The SMILES string of the molecule is CCCN1CCCC(C(C)NCCOCC)C1. The average molecular weight is 242 g/mol. The zero-order valence-electron chi connectivity index (χ0n) is 11.9. The maximum Gasteiger partial charge on any atom is 0.0590 e. The highest BCUT2D eigenvalue weighted by atomic mass is 16.5. The number of hydrogen-bond acceptors (Lipinski definition) is 3. The fraction of sp³-hybridized carbons (Fsp3) is 1.00. The molecule has 0 aliphatic carbocycles. The molecule has 2 unspecified atom stereocenters. The number of hydrogen-bond donors (Lipinski definition) is 1. The number of likely N-dealkylation sites (tertiary alicyclic amines) is 1. The van der Waals surface area contributed by atoms with Crippen molar-refractivity contribution in [3.05, 3.63) is 0 Å². The van der Waals surface area contributed by atoms with Crippen LogP contribution in [0.5, 0.6) is 0 Å². The summed E-state index contributed by atoms with van der Waals surface area (Å²) in [7, 11) is 0. The van der Waals surface area contributed by atoms with Gasteiger partial charge in [-0.25, -0.2) is 0 Å². The Morgan fingerprint density at radius 1 is 1.41 bits per heavy atom. The van der Waals surface area contributed by atoms with Crippen LogP contribution < -0.4 is 5.32 Å². The van der Waals surface area contributed by atoms with Crippen LogP contribution in [-0.4, -0.2) is 50.3 Å². The van der Waals surface area contributed by atoms with Crippen LogP contribution in [0.15, 0.2) is 0 Å². The molecule has 2 atom stereocenters. The Morgan fingerprint density at radius 3 is 2.94 bits per heavy atom. The van der Waals surface area contributed by atoms with Crippen LogP contribution in [0, 0.1) is 5.92 Å². The smallest absolute Gasteiger partial charge is 0.0590 e. The van der Waals surface area contributed by atoms with Crippen molar-refractivity contribution in [2.75, 3.05) is 39.4 Å². The van der Waals surface area contributed by atoms with E-state index < -0.39 is 0 Å². The van der Waals surface area contributed by atoms with Crippen LogP contribution in [0.1, 0.15) is 40.0 Å². The second-order valence-corrected chi connectivity index (χ2v) is 5.14. The molecule has 1 N–H and O–H groups in total. The molecule has 3 nitrogen and oxygen atoms in total. The maximum absolute atomic E-state index is 5.36. The lowest BCUT2D eigenvalue weighted by Gasteiger charge is -2.36. The van der Waals surface area contributed by atoms with Gasteiger partial charge in [0.05, 0.1) is 6.61 Å². The van der Waals surface area contributed by atoms with Crippen molar-refractivity contribution in [1.82, 2.24) is 10.2 Å². The number of piperidine rings is 1. The van der Waals surface area contributed by atoms with Gasteiger partial charge in [0.15, 0.2) is 0 Å². The zero-order valence-corrected chi connectivity index (χ0v) is 11.9. The second-order valence-electron chi connectivity index (χ2n) is 5.14. The molecule has 1 fully saturated rings. The number of ether oxygens (including phenoxy) is 1. The van der Waals surface area contributed by atoms with E-state index in [9.17, 15) is 0 Å². The van der Waals surface area contributed by atoms with Gasteiger partial charge in [-0.3, -0.25) is 0 Å². The van der Waals surface area contributed by atoms with Gasteiger partial charge in [-0.2, -0.15) is 0 Å². The molecular formula is C14H30N2O. The molecule has 0 amide bonds. The van der Waals surface area contributed by atoms with Crippen LogP contribution in [0.4, 0.5) is 0 Å². The fourth-order valence-electron chi connectivity index (χ4n) is 2.69. The molecule has 0 radical (unpaired) electrons. The lowest BCUT2D eigenvalue weighted by molar-refractivity contribution is 0.129. The Morgan fingerprint density at radius 2 is 2.24 bits per heavy atom. The summed E-state index contributed by atoms with van der Waals surface area (Å²) in [4.78, 5) is 2.62. The van der Waals surface area contributed by atoms with Crippen molar-refractivity contribution in [2.24, 2.45) is 5.92 Å². The molecule has 0 aromatic carbocycles. The van der Waals surface area contributed by atoms with Gasteiger partial charge in [-0.05, 0) is 52.1 Å². The highest BCUT2D eigenvalue weighted by molar-refractivity contribution is 4.80. The summed E-state index contributed by atoms with van der Waals surface area (Å²) in [5.74, 6) is 0.817. The Balaban J connectivity index is 2.18. The van der Waals surface area contributed by atoms with E-state index in [2.05, 4.69) is 24.1 Å². The van der Waals surface area contributed by atoms with Crippen molar-refractivity contribution in [3.63, 3.8) is 0 Å². The molecule has 17 heavy (non-hydrogen) atoms. The highest BCUT2D eigenvalue weighted by Gasteiger charge is 2.23. The van der Waals surface area contributed by atoms with Gasteiger partial charge < -0.3 is 15.0 Å². The third-order valence-corrected chi connectivity index (χ3v) is 3.71. The molecule has 1 aliphatic heterocycles. The summed E-state index contributed by atoms with van der Waals surface area (Å²) in [6.45, 7) is 13.1. The minimum Gasteiger partial charge on any atom is -0.380 e. The van der Waals surface area contributed by atoms with Crippen LogP contribution in [0.25, 0.3) is 0 Å². The van der Waals surface area contributed by atoms with Gasteiger partial charge in [0.25, 0.3) is 0 Å². The molecule has 0 bridgehead atoms. The van der Waals surface area contributed by atoms with Crippen molar-refractivity contribution >= 4 is 0 Å². The third kappa shape index (κ3) is 5.84. The molecule has 1 rings (SSSR count). The van der Waals surface area contributed by atoms with Crippen molar-refractivity contribution in [2.45, 2.75) is 46.1 Å². The lowest BCUT2D eigenvalue weighted by atomic mass is 9.91. The first-order valence-electron chi connectivity index (χ1n) is 7.31. The Hall–Kier alpha value is -0.120. The minimum atomic E-state index is 0.620. The van der Waals surface area contributed by atoms with E-state index in [1.165, 1.54) is 38.9 Å². The van der Waals surface area contributed by atoms with Gasteiger partial charge in [-0.1, -0.05) is 6.92 Å². The molecule has 1 saturated heterocycles. The minimum absolute atomic E-state index is 0.620. The number of rotatable bonds is 8. The zero-order chi connectivity index (χ0) is 12.5. The standard InChI is InChI=1S/C14H30N2O/c1-4-9-16-10-6-7-14(12-16)13(3)15-8-11-17-5-2/h13-15H,4-12H2,1-3H3. The van der Waals surface area contributed by atoms with E-state index in [1.807, 2.05) is 6.92 Å². The van der Waals surface area contributed by atoms with E-state index in [-0.39, 0.29) is 0 Å². The molecule has 0 spiro atoms. The Bertz CT molecular complexity index is 185. The Labute approximate surface area is 107 Å².